The lowest BCUT2D eigenvalue weighted by atomic mass is 9.63. The molecule has 0 atom stereocenters. The smallest absolute Gasteiger partial charge is 0.174 e. The summed E-state index contributed by atoms with van der Waals surface area (Å²) in [5.74, 6) is 1.12. The number of rotatable bonds is 8. The van der Waals surface area contributed by atoms with Gasteiger partial charge in [-0.15, -0.1) is 0 Å². The predicted octanol–water partition coefficient (Wildman–Crippen LogP) is 9.12. The van der Waals surface area contributed by atoms with E-state index in [1.165, 1.54) is 11.1 Å². The van der Waals surface area contributed by atoms with Gasteiger partial charge in [-0.05, 0) is 88.4 Å². The lowest BCUT2D eigenvalue weighted by molar-refractivity contribution is -0.119. The van der Waals surface area contributed by atoms with Crippen LogP contribution in [0, 0.1) is 21.3 Å². The Morgan fingerprint density at radius 2 is 1.39 bits per heavy atom. The molecule has 0 bridgehead atoms. The maximum atomic E-state index is 14.3. The number of allylic oxidation sites excluding steroid dienone is 4. The van der Waals surface area contributed by atoms with Crippen molar-refractivity contribution in [3.63, 3.8) is 0 Å². The van der Waals surface area contributed by atoms with Gasteiger partial charge in [-0.3, -0.25) is 9.59 Å². The van der Waals surface area contributed by atoms with Gasteiger partial charge < -0.3 is 14.4 Å². The highest BCUT2D eigenvalue weighted by molar-refractivity contribution is 14.1. The van der Waals surface area contributed by atoms with E-state index in [1.807, 2.05) is 12.1 Å². The molecule has 5 nitrogen and oxygen atoms in total. The molecule has 1 heterocycles. The number of carbonyl (C=O) groups is 2. The molecule has 6 rings (SSSR count). The molecular formula is C40H44INO4. The number of carbonyl (C=O) groups excluding carboxylic acids is 2. The maximum Gasteiger partial charge on any atom is 0.174 e. The van der Waals surface area contributed by atoms with Crippen molar-refractivity contribution in [3.8, 4) is 11.5 Å². The van der Waals surface area contributed by atoms with Crippen molar-refractivity contribution in [2.75, 3.05) is 13.7 Å². The molecule has 3 aliphatic rings. The second-order valence-electron chi connectivity index (χ2n) is 14.7. The van der Waals surface area contributed by atoms with Crippen LogP contribution in [0.1, 0.15) is 81.5 Å². The standard InChI is InChI=1S/C40H44INO4/c1-25-12-14-27(15-13-25)24-46-38-29(41)18-28(19-34(38)45-6)35-36-30(20-39(2,3)22-32(36)43)42(17-16-26-10-8-7-9-11-26)31-21-40(4,5)23-33(44)37(31)35/h7-15,18-19,35H,16-17,20-24H2,1-6H3. The highest BCUT2D eigenvalue weighted by atomic mass is 127. The van der Waals surface area contributed by atoms with Crippen LogP contribution < -0.4 is 9.47 Å². The van der Waals surface area contributed by atoms with Crippen LogP contribution in [0.4, 0.5) is 0 Å². The summed E-state index contributed by atoms with van der Waals surface area (Å²) in [5.41, 5.74) is 7.83. The van der Waals surface area contributed by atoms with Gasteiger partial charge in [0.25, 0.3) is 0 Å². The van der Waals surface area contributed by atoms with Gasteiger partial charge in [-0.25, -0.2) is 0 Å². The molecule has 2 aliphatic carbocycles. The fourth-order valence-corrected chi connectivity index (χ4v) is 8.20. The van der Waals surface area contributed by atoms with Crippen LogP contribution in [0.3, 0.4) is 0 Å². The normalized spacial score (nSPS) is 19.2. The highest BCUT2D eigenvalue weighted by Crippen LogP contribution is 2.55. The van der Waals surface area contributed by atoms with Gasteiger partial charge in [0.05, 0.1) is 10.7 Å². The Morgan fingerprint density at radius 3 is 1.96 bits per heavy atom. The Hall–Kier alpha value is -3.39. The van der Waals surface area contributed by atoms with Crippen molar-refractivity contribution >= 4 is 34.2 Å². The number of hydrogen-bond donors (Lipinski definition) is 0. The van der Waals surface area contributed by atoms with Crippen molar-refractivity contribution in [2.24, 2.45) is 10.8 Å². The molecule has 3 aromatic rings. The molecule has 0 saturated heterocycles. The van der Waals surface area contributed by atoms with Gasteiger partial charge in [0.2, 0.25) is 0 Å². The molecule has 0 saturated carbocycles. The number of halogens is 1. The third-order valence-electron chi connectivity index (χ3n) is 9.58. The number of aryl methyl sites for hydroxylation is 1. The van der Waals surface area contributed by atoms with Crippen LogP contribution >= 0.6 is 22.6 Å². The van der Waals surface area contributed by atoms with E-state index in [-0.39, 0.29) is 22.4 Å². The molecule has 6 heteroatoms. The van der Waals surface area contributed by atoms with E-state index < -0.39 is 5.92 Å². The van der Waals surface area contributed by atoms with Crippen molar-refractivity contribution in [1.82, 2.24) is 4.90 Å². The molecule has 0 unspecified atom stereocenters. The number of hydrogen-bond acceptors (Lipinski definition) is 5. The van der Waals surface area contributed by atoms with Crippen LogP contribution in [0.5, 0.6) is 11.5 Å². The zero-order chi connectivity index (χ0) is 32.8. The molecule has 1 aliphatic heterocycles. The summed E-state index contributed by atoms with van der Waals surface area (Å²) in [5, 5.41) is 0. The monoisotopic (exact) mass is 729 g/mol. The van der Waals surface area contributed by atoms with Gasteiger partial charge in [-0.1, -0.05) is 87.9 Å². The minimum atomic E-state index is -0.432. The van der Waals surface area contributed by atoms with Crippen molar-refractivity contribution in [2.45, 2.75) is 79.2 Å². The van der Waals surface area contributed by atoms with Crippen LogP contribution in [0.25, 0.3) is 0 Å². The van der Waals surface area contributed by atoms with E-state index in [2.05, 4.69) is 117 Å². The minimum Gasteiger partial charge on any atom is -0.493 e. The zero-order valence-electron chi connectivity index (χ0n) is 27.8. The molecule has 46 heavy (non-hydrogen) atoms. The van der Waals surface area contributed by atoms with Gasteiger partial charge in [-0.2, -0.15) is 0 Å². The van der Waals surface area contributed by atoms with Crippen LogP contribution in [0.2, 0.25) is 0 Å². The molecule has 0 spiro atoms. The van der Waals surface area contributed by atoms with Gasteiger partial charge in [0.15, 0.2) is 23.1 Å². The zero-order valence-corrected chi connectivity index (χ0v) is 30.0. The first-order valence-corrected chi connectivity index (χ1v) is 17.3. The summed E-state index contributed by atoms with van der Waals surface area (Å²) in [6.45, 7) is 12.0. The van der Waals surface area contributed by atoms with E-state index in [4.69, 9.17) is 9.47 Å². The third kappa shape index (κ3) is 6.55. The first-order valence-electron chi connectivity index (χ1n) is 16.3. The Morgan fingerprint density at radius 1 is 0.804 bits per heavy atom. The molecule has 0 N–H and O–H groups in total. The second-order valence-corrected chi connectivity index (χ2v) is 15.9. The lowest BCUT2D eigenvalue weighted by Crippen LogP contribution is -2.45. The molecule has 3 aromatic carbocycles. The molecule has 0 aromatic heterocycles. The summed E-state index contributed by atoms with van der Waals surface area (Å²) in [6, 6.07) is 22.9. The fraction of sp³-hybridized carbons (Fsp3) is 0.400. The van der Waals surface area contributed by atoms with Crippen molar-refractivity contribution in [1.29, 1.82) is 0 Å². The number of Topliss-reactive ketones (excluding diaryl/α,β-unsaturated/α-hetero) is 2. The van der Waals surface area contributed by atoms with Crippen LogP contribution in [0.15, 0.2) is 89.3 Å². The first kappa shape index (κ1) is 32.5. The minimum absolute atomic E-state index is 0.138. The lowest BCUT2D eigenvalue weighted by Gasteiger charge is -2.49. The van der Waals surface area contributed by atoms with Crippen molar-refractivity contribution < 1.29 is 19.1 Å². The Kier molecular flexibility index (Phi) is 8.96. The third-order valence-corrected chi connectivity index (χ3v) is 10.4. The van der Waals surface area contributed by atoms with E-state index in [0.29, 0.717) is 30.9 Å². The van der Waals surface area contributed by atoms with Gasteiger partial charge in [0.1, 0.15) is 6.61 Å². The van der Waals surface area contributed by atoms with Gasteiger partial charge in [0, 0.05) is 47.8 Å². The number of nitrogens with zero attached hydrogens (tertiary/aromatic N) is 1. The molecule has 0 fully saturated rings. The van der Waals surface area contributed by atoms with E-state index in [9.17, 15) is 9.59 Å². The SMILES string of the molecule is COc1cc(C2C3=C(CC(C)(C)CC3=O)N(CCc3ccccc3)C3=C2C(=O)CC(C)(C)C3)cc(I)c1OCc1ccc(C)cc1. The summed E-state index contributed by atoms with van der Waals surface area (Å²) in [7, 11) is 1.65. The summed E-state index contributed by atoms with van der Waals surface area (Å²) < 4.78 is 13.1. The van der Waals surface area contributed by atoms with Crippen LogP contribution in [-0.2, 0) is 22.6 Å². The molecule has 0 amide bonds. The Balaban J connectivity index is 1.47. The van der Waals surface area contributed by atoms with E-state index in [1.54, 1.807) is 7.11 Å². The van der Waals surface area contributed by atoms with Gasteiger partial charge >= 0.3 is 0 Å². The molecule has 0 radical (unpaired) electrons. The Labute approximate surface area is 287 Å². The highest BCUT2D eigenvalue weighted by Gasteiger charge is 2.49. The maximum absolute atomic E-state index is 14.3. The molecular weight excluding hydrogens is 685 g/mol. The fourth-order valence-electron chi connectivity index (χ4n) is 7.42. The largest absolute Gasteiger partial charge is 0.493 e. The quantitative estimate of drug-likeness (QED) is 0.217. The number of methoxy groups -OCH3 is 1. The topological polar surface area (TPSA) is 55.8 Å². The predicted molar refractivity (Wildman–Crippen MR) is 191 cm³/mol. The first-order chi connectivity index (χ1) is 21.9. The average molecular weight is 730 g/mol. The number of benzene rings is 3. The number of ketones is 2. The number of ether oxygens (including phenoxy) is 2. The molecule has 240 valence electrons. The van der Waals surface area contributed by atoms with Crippen molar-refractivity contribution in [3.05, 3.63) is 115 Å². The summed E-state index contributed by atoms with van der Waals surface area (Å²) in [4.78, 5) is 30.9. The van der Waals surface area contributed by atoms with E-state index in [0.717, 1.165) is 63.0 Å². The Bertz CT molecular complexity index is 1680. The summed E-state index contributed by atoms with van der Waals surface area (Å²) >= 11 is 2.30. The van der Waals surface area contributed by atoms with Crippen LogP contribution in [-0.4, -0.2) is 30.1 Å². The second kappa shape index (κ2) is 12.7. The van der Waals surface area contributed by atoms with E-state index >= 15 is 0 Å². The average Bonchev–Trinajstić information content (AvgIpc) is 2.99. The summed E-state index contributed by atoms with van der Waals surface area (Å²) in [6.07, 6.45) is 3.33.